The molecule has 2 aromatic rings. The largest absolute Gasteiger partial charge is 0.493 e. The molecule has 1 aliphatic rings. The Morgan fingerprint density at radius 1 is 1.25 bits per heavy atom. The minimum atomic E-state index is -0.649. The number of hydrogen-bond acceptors (Lipinski definition) is 6. The molecule has 1 aromatic carbocycles. The first-order valence-electron chi connectivity index (χ1n) is 7.39. The third kappa shape index (κ3) is 2.92. The number of carbonyl (C=O) groups is 2. The first-order chi connectivity index (χ1) is 11.6. The summed E-state index contributed by atoms with van der Waals surface area (Å²) in [4.78, 5) is 24.2. The van der Waals surface area contributed by atoms with Gasteiger partial charge in [-0.2, -0.15) is 0 Å². The maximum atomic E-state index is 12.1. The summed E-state index contributed by atoms with van der Waals surface area (Å²) in [6.45, 7) is 0.283. The molecule has 0 radical (unpaired) electrons. The van der Waals surface area contributed by atoms with E-state index in [-0.39, 0.29) is 18.9 Å². The quantitative estimate of drug-likeness (QED) is 0.817. The number of nitrogens with one attached hydrogen (secondary N) is 1. The molecule has 7 nitrogen and oxygen atoms in total. The number of esters is 1. The van der Waals surface area contributed by atoms with E-state index in [0.717, 1.165) is 0 Å². The van der Waals surface area contributed by atoms with Gasteiger partial charge in [0, 0.05) is 5.56 Å². The summed E-state index contributed by atoms with van der Waals surface area (Å²) in [6.07, 6.45) is 0.911. The van der Waals surface area contributed by atoms with Crippen molar-refractivity contribution in [2.24, 2.45) is 0 Å². The Morgan fingerprint density at radius 3 is 2.75 bits per heavy atom. The molecule has 0 bridgehead atoms. The molecule has 0 saturated heterocycles. The van der Waals surface area contributed by atoms with Gasteiger partial charge in [0.05, 0.1) is 33.4 Å². The van der Waals surface area contributed by atoms with Crippen LogP contribution >= 0.6 is 0 Å². The Labute approximate surface area is 138 Å². The third-order valence-corrected chi connectivity index (χ3v) is 3.79. The van der Waals surface area contributed by atoms with E-state index in [1.165, 1.54) is 20.5 Å². The highest BCUT2D eigenvalue weighted by Crippen LogP contribution is 2.42. The predicted octanol–water partition coefficient (Wildman–Crippen LogP) is 2.21. The van der Waals surface area contributed by atoms with Crippen molar-refractivity contribution < 1.29 is 28.2 Å². The van der Waals surface area contributed by atoms with Gasteiger partial charge in [-0.3, -0.25) is 4.79 Å². The second-order valence-corrected chi connectivity index (χ2v) is 5.22. The fraction of sp³-hybridized carbons (Fsp3) is 0.294. The Morgan fingerprint density at radius 2 is 2.08 bits per heavy atom. The number of furan rings is 1. The number of cyclic esters (lactones) is 1. The van der Waals surface area contributed by atoms with Crippen LogP contribution in [0.5, 0.6) is 11.5 Å². The van der Waals surface area contributed by atoms with Crippen LogP contribution in [0.4, 0.5) is 0 Å². The zero-order chi connectivity index (χ0) is 17.1. The number of rotatable bonds is 6. The molecule has 0 fully saturated rings. The molecular formula is C17H17NO6. The number of ether oxygens (including phenoxy) is 3. The van der Waals surface area contributed by atoms with Crippen molar-refractivity contribution in [2.45, 2.75) is 19.1 Å². The van der Waals surface area contributed by atoms with Gasteiger partial charge < -0.3 is 23.9 Å². The van der Waals surface area contributed by atoms with Crippen LogP contribution in [0.15, 0.2) is 34.9 Å². The molecule has 1 amide bonds. The van der Waals surface area contributed by atoms with Crippen molar-refractivity contribution in [3.05, 3.63) is 47.4 Å². The number of amides is 1. The molecular weight excluding hydrogens is 314 g/mol. The lowest BCUT2D eigenvalue weighted by molar-refractivity contribution is -0.123. The average molecular weight is 331 g/mol. The Balaban J connectivity index is 1.73. The average Bonchev–Trinajstić information content (AvgIpc) is 3.21. The summed E-state index contributed by atoms with van der Waals surface area (Å²) in [6, 6.07) is 6.91. The molecule has 0 unspecified atom stereocenters. The first kappa shape index (κ1) is 15.9. The minimum absolute atomic E-state index is 0.0227. The SMILES string of the molecule is COc1ccc2c(c1OC)C(=O)O[C@H]2CC(=O)NCc1ccco1. The number of benzene rings is 1. The molecule has 24 heavy (non-hydrogen) atoms. The Kier molecular flexibility index (Phi) is 4.41. The van der Waals surface area contributed by atoms with E-state index < -0.39 is 12.1 Å². The van der Waals surface area contributed by atoms with Gasteiger partial charge >= 0.3 is 5.97 Å². The lowest BCUT2D eigenvalue weighted by Gasteiger charge is -2.12. The topological polar surface area (TPSA) is 87.0 Å². The molecule has 126 valence electrons. The van der Waals surface area contributed by atoms with Crippen molar-refractivity contribution in [2.75, 3.05) is 14.2 Å². The maximum Gasteiger partial charge on any atom is 0.343 e. The van der Waals surface area contributed by atoms with Crippen molar-refractivity contribution >= 4 is 11.9 Å². The summed E-state index contributed by atoms with van der Waals surface area (Å²) in [5, 5.41) is 2.73. The predicted molar refractivity (Wildman–Crippen MR) is 82.9 cm³/mol. The van der Waals surface area contributed by atoms with Crippen LogP contribution < -0.4 is 14.8 Å². The van der Waals surface area contributed by atoms with Crippen LogP contribution in [0.2, 0.25) is 0 Å². The number of hydrogen-bond donors (Lipinski definition) is 1. The van der Waals surface area contributed by atoms with Crippen LogP contribution in [-0.4, -0.2) is 26.1 Å². The van der Waals surface area contributed by atoms with E-state index in [9.17, 15) is 9.59 Å². The van der Waals surface area contributed by atoms with E-state index in [1.807, 2.05) is 0 Å². The third-order valence-electron chi connectivity index (χ3n) is 3.79. The second-order valence-electron chi connectivity index (χ2n) is 5.22. The van der Waals surface area contributed by atoms with Crippen molar-refractivity contribution in [3.8, 4) is 11.5 Å². The van der Waals surface area contributed by atoms with Gasteiger partial charge in [-0.15, -0.1) is 0 Å². The standard InChI is InChI=1S/C17H17NO6/c1-21-12-6-5-11-13(24-17(20)15(11)16(12)22-2)8-14(19)18-9-10-4-3-7-23-10/h3-7,13H,8-9H2,1-2H3,(H,18,19)/t13-/m0/s1. The van der Waals surface area contributed by atoms with Crippen molar-refractivity contribution in [1.29, 1.82) is 0 Å². The number of fused-ring (bicyclic) bond motifs is 1. The molecule has 1 atom stereocenters. The van der Waals surface area contributed by atoms with Crippen molar-refractivity contribution in [3.63, 3.8) is 0 Å². The normalized spacial score (nSPS) is 15.6. The van der Waals surface area contributed by atoms with E-state index in [4.69, 9.17) is 18.6 Å². The maximum absolute atomic E-state index is 12.1. The molecule has 7 heteroatoms. The fourth-order valence-electron chi connectivity index (χ4n) is 2.66. The Hall–Kier alpha value is -2.96. The zero-order valence-electron chi connectivity index (χ0n) is 13.3. The lowest BCUT2D eigenvalue weighted by Crippen LogP contribution is -2.24. The number of methoxy groups -OCH3 is 2. The number of carbonyl (C=O) groups excluding carboxylic acids is 2. The summed E-state index contributed by atoms with van der Waals surface area (Å²) in [5.41, 5.74) is 0.923. The summed E-state index contributed by atoms with van der Waals surface area (Å²) in [5.74, 6) is 0.643. The van der Waals surface area contributed by atoms with E-state index in [0.29, 0.717) is 28.4 Å². The zero-order valence-corrected chi connectivity index (χ0v) is 13.3. The minimum Gasteiger partial charge on any atom is -0.493 e. The molecule has 0 aliphatic carbocycles. The van der Waals surface area contributed by atoms with E-state index in [2.05, 4.69) is 5.32 Å². The molecule has 1 N–H and O–H groups in total. The highest BCUT2D eigenvalue weighted by molar-refractivity contribution is 5.98. The Bertz CT molecular complexity index is 753. The van der Waals surface area contributed by atoms with Crippen molar-refractivity contribution in [1.82, 2.24) is 5.32 Å². The molecule has 0 saturated carbocycles. The van der Waals surface area contributed by atoms with Gasteiger partial charge in [-0.1, -0.05) is 6.07 Å². The van der Waals surface area contributed by atoms with Gasteiger partial charge in [0.2, 0.25) is 5.91 Å². The highest BCUT2D eigenvalue weighted by Gasteiger charge is 2.36. The summed E-state index contributed by atoms with van der Waals surface area (Å²) in [7, 11) is 2.94. The highest BCUT2D eigenvalue weighted by atomic mass is 16.6. The lowest BCUT2D eigenvalue weighted by atomic mass is 10.0. The second kappa shape index (κ2) is 6.66. The molecule has 1 aromatic heterocycles. The fourth-order valence-corrected chi connectivity index (χ4v) is 2.66. The molecule has 2 heterocycles. The van der Waals surface area contributed by atoms with Crippen LogP contribution in [0.3, 0.4) is 0 Å². The van der Waals surface area contributed by atoms with Crippen LogP contribution in [0.25, 0.3) is 0 Å². The van der Waals surface area contributed by atoms with E-state index >= 15 is 0 Å². The smallest absolute Gasteiger partial charge is 0.343 e. The van der Waals surface area contributed by atoms with Gasteiger partial charge in [-0.25, -0.2) is 4.79 Å². The first-order valence-corrected chi connectivity index (χ1v) is 7.39. The van der Waals surface area contributed by atoms with Gasteiger partial charge in [0.25, 0.3) is 0 Å². The van der Waals surface area contributed by atoms with Crippen LogP contribution in [0.1, 0.15) is 34.2 Å². The van der Waals surface area contributed by atoms with Crippen LogP contribution in [-0.2, 0) is 16.1 Å². The van der Waals surface area contributed by atoms with Gasteiger partial charge in [-0.05, 0) is 18.2 Å². The molecule has 1 aliphatic heterocycles. The molecule has 0 spiro atoms. The van der Waals surface area contributed by atoms with Gasteiger partial charge in [0.15, 0.2) is 11.5 Å². The van der Waals surface area contributed by atoms with Gasteiger partial charge in [0.1, 0.15) is 17.4 Å². The van der Waals surface area contributed by atoms with E-state index in [1.54, 1.807) is 24.3 Å². The summed E-state index contributed by atoms with van der Waals surface area (Å²) < 4.78 is 20.9. The van der Waals surface area contributed by atoms with Crippen LogP contribution in [0, 0.1) is 0 Å². The summed E-state index contributed by atoms with van der Waals surface area (Å²) >= 11 is 0. The molecule has 3 rings (SSSR count). The monoisotopic (exact) mass is 331 g/mol.